The Labute approximate surface area is 114 Å². The number of hydrogen-bond acceptors (Lipinski definition) is 2. The molecule has 3 rings (SSSR count). The molecule has 0 spiro atoms. The summed E-state index contributed by atoms with van der Waals surface area (Å²) in [5.41, 5.74) is 0.907. The fraction of sp³-hybridized carbons (Fsp3) is 0.538. The van der Waals surface area contributed by atoms with Crippen LogP contribution in [0.25, 0.3) is 5.65 Å². The van der Waals surface area contributed by atoms with Crippen molar-refractivity contribution in [2.24, 2.45) is 5.41 Å². The number of nitrogens with zero attached hydrogens (tertiary/aromatic N) is 3. The first-order valence-electron chi connectivity index (χ1n) is 6.34. The second-order valence-electron chi connectivity index (χ2n) is 5.21. The SMILES string of the molecule is O=c1n(CC2(CBr)CCCC2)nc2ccccn12. The highest BCUT2D eigenvalue weighted by atomic mass is 79.9. The van der Waals surface area contributed by atoms with Crippen molar-refractivity contribution in [2.45, 2.75) is 32.2 Å². The first-order valence-corrected chi connectivity index (χ1v) is 7.46. The van der Waals surface area contributed by atoms with Crippen molar-refractivity contribution in [2.75, 3.05) is 5.33 Å². The number of pyridine rings is 1. The molecule has 0 bridgehead atoms. The van der Waals surface area contributed by atoms with Gasteiger partial charge in [-0.25, -0.2) is 9.48 Å². The Hall–Kier alpha value is -1.10. The Kier molecular flexibility index (Phi) is 3.01. The van der Waals surface area contributed by atoms with E-state index in [-0.39, 0.29) is 11.1 Å². The molecular weight excluding hydrogens is 294 g/mol. The molecule has 4 nitrogen and oxygen atoms in total. The van der Waals surface area contributed by atoms with Crippen molar-refractivity contribution in [1.82, 2.24) is 14.2 Å². The van der Waals surface area contributed by atoms with Crippen LogP contribution in [0.3, 0.4) is 0 Å². The van der Waals surface area contributed by atoms with E-state index in [2.05, 4.69) is 21.0 Å². The molecule has 1 aliphatic rings. The van der Waals surface area contributed by atoms with Crippen molar-refractivity contribution in [3.8, 4) is 0 Å². The van der Waals surface area contributed by atoms with Crippen LogP contribution in [0.5, 0.6) is 0 Å². The Morgan fingerprint density at radius 1 is 1.33 bits per heavy atom. The molecule has 1 saturated carbocycles. The van der Waals surface area contributed by atoms with E-state index in [1.54, 1.807) is 15.3 Å². The maximum Gasteiger partial charge on any atom is 0.350 e. The zero-order valence-corrected chi connectivity index (χ0v) is 11.8. The Morgan fingerprint density at radius 3 is 2.78 bits per heavy atom. The van der Waals surface area contributed by atoms with Gasteiger partial charge in [0.05, 0.1) is 6.54 Å². The van der Waals surface area contributed by atoms with E-state index in [1.165, 1.54) is 25.7 Å². The van der Waals surface area contributed by atoms with Crippen LogP contribution in [0.2, 0.25) is 0 Å². The molecule has 2 heterocycles. The van der Waals surface area contributed by atoms with E-state index >= 15 is 0 Å². The standard InChI is InChI=1S/C13H16BrN3O/c14-9-13(6-2-3-7-13)10-17-12(18)16-8-4-1-5-11(16)15-17/h1,4-5,8H,2-3,6-7,9-10H2. The Balaban J connectivity index is 2.00. The highest BCUT2D eigenvalue weighted by Crippen LogP contribution is 2.40. The van der Waals surface area contributed by atoms with E-state index in [4.69, 9.17) is 0 Å². The van der Waals surface area contributed by atoms with Crippen LogP contribution in [-0.4, -0.2) is 19.5 Å². The van der Waals surface area contributed by atoms with Crippen LogP contribution in [0.15, 0.2) is 29.2 Å². The molecular formula is C13H16BrN3O. The fourth-order valence-electron chi connectivity index (χ4n) is 2.85. The van der Waals surface area contributed by atoms with Crippen molar-refractivity contribution in [1.29, 1.82) is 0 Å². The van der Waals surface area contributed by atoms with Crippen molar-refractivity contribution in [3.05, 3.63) is 34.9 Å². The molecule has 2 aromatic rings. The lowest BCUT2D eigenvalue weighted by molar-refractivity contribution is 0.274. The zero-order valence-electron chi connectivity index (χ0n) is 10.2. The molecule has 0 saturated heterocycles. The molecule has 96 valence electrons. The van der Waals surface area contributed by atoms with Gasteiger partial charge in [0, 0.05) is 11.5 Å². The van der Waals surface area contributed by atoms with Crippen LogP contribution in [0.1, 0.15) is 25.7 Å². The topological polar surface area (TPSA) is 39.3 Å². The summed E-state index contributed by atoms with van der Waals surface area (Å²) < 4.78 is 3.23. The van der Waals surface area contributed by atoms with Gasteiger partial charge in [-0.05, 0) is 30.4 Å². The van der Waals surface area contributed by atoms with Gasteiger partial charge in [0.1, 0.15) is 0 Å². The largest absolute Gasteiger partial charge is 0.350 e. The summed E-state index contributed by atoms with van der Waals surface area (Å²) in [6.45, 7) is 0.721. The predicted octanol–water partition coefficient (Wildman–Crippen LogP) is 2.45. The molecule has 18 heavy (non-hydrogen) atoms. The normalized spacial score (nSPS) is 18.5. The van der Waals surface area contributed by atoms with Gasteiger partial charge >= 0.3 is 5.69 Å². The summed E-state index contributed by atoms with van der Waals surface area (Å²) in [5, 5.41) is 5.36. The quantitative estimate of drug-likeness (QED) is 0.817. The summed E-state index contributed by atoms with van der Waals surface area (Å²) in [5.74, 6) is 0. The molecule has 0 amide bonds. The molecule has 0 unspecified atom stereocenters. The predicted molar refractivity (Wildman–Crippen MR) is 74.1 cm³/mol. The van der Waals surface area contributed by atoms with Gasteiger partial charge in [-0.3, -0.25) is 4.40 Å². The average Bonchev–Trinajstić information content (AvgIpc) is 2.98. The lowest BCUT2D eigenvalue weighted by Gasteiger charge is -2.25. The minimum atomic E-state index is -0.0298. The summed E-state index contributed by atoms with van der Waals surface area (Å²) in [7, 11) is 0. The van der Waals surface area contributed by atoms with E-state index in [0.29, 0.717) is 0 Å². The first kappa shape index (κ1) is 12.0. The molecule has 0 aromatic carbocycles. The van der Waals surface area contributed by atoms with Crippen molar-refractivity contribution >= 4 is 21.6 Å². The van der Waals surface area contributed by atoms with Gasteiger partial charge in [-0.2, -0.15) is 0 Å². The number of alkyl halides is 1. The average molecular weight is 310 g/mol. The molecule has 5 heteroatoms. The van der Waals surface area contributed by atoms with Crippen LogP contribution >= 0.6 is 15.9 Å². The Morgan fingerprint density at radius 2 is 2.11 bits per heavy atom. The van der Waals surface area contributed by atoms with Gasteiger partial charge in [0.25, 0.3) is 0 Å². The van der Waals surface area contributed by atoms with Gasteiger partial charge in [-0.15, -0.1) is 5.10 Å². The number of hydrogen-bond donors (Lipinski definition) is 0. The number of aromatic nitrogens is 3. The van der Waals surface area contributed by atoms with E-state index < -0.39 is 0 Å². The third kappa shape index (κ3) is 1.90. The summed E-state index contributed by atoms with van der Waals surface area (Å²) in [6.07, 6.45) is 6.65. The van der Waals surface area contributed by atoms with Crippen LogP contribution in [0.4, 0.5) is 0 Å². The highest BCUT2D eigenvalue weighted by molar-refractivity contribution is 9.09. The third-order valence-electron chi connectivity index (χ3n) is 3.92. The molecule has 0 atom stereocenters. The van der Waals surface area contributed by atoms with Gasteiger partial charge in [0.15, 0.2) is 5.65 Å². The van der Waals surface area contributed by atoms with Crippen LogP contribution in [0, 0.1) is 5.41 Å². The maximum absolute atomic E-state index is 12.2. The molecule has 0 N–H and O–H groups in total. The summed E-state index contributed by atoms with van der Waals surface area (Å²) >= 11 is 3.61. The number of fused-ring (bicyclic) bond motifs is 1. The highest BCUT2D eigenvalue weighted by Gasteiger charge is 2.34. The second-order valence-corrected chi connectivity index (χ2v) is 5.77. The molecule has 2 aromatic heterocycles. The summed E-state index contributed by atoms with van der Waals surface area (Å²) in [6, 6.07) is 5.63. The van der Waals surface area contributed by atoms with E-state index in [1.807, 2.05) is 18.2 Å². The molecule has 1 fully saturated rings. The monoisotopic (exact) mass is 309 g/mol. The van der Waals surface area contributed by atoms with E-state index in [0.717, 1.165) is 17.5 Å². The number of halogens is 1. The van der Waals surface area contributed by atoms with Crippen molar-refractivity contribution < 1.29 is 0 Å². The van der Waals surface area contributed by atoms with Gasteiger partial charge < -0.3 is 0 Å². The Bertz CT molecular complexity index is 610. The smallest absolute Gasteiger partial charge is 0.250 e. The van der Waals surface area contributed by atoms with Gasteiger partial charge in [0.2, 0.25) is 0 Å². The molecule has 0 aliphatic heterocycles. The minimum Gasteiger partial charge on any atom is -0.250 e. The third-order valence-corrected chi connectivity index (χ3v) is 5.11. The lowest BCUT2D eigenvalue weighted by Crippen LogP contribution is -2.32. The van der Waals surface area contributed by atoms with Crippen molar-refractivity contribution in [3.63, 3.8) is 0 Å². The van der Waals surface area contributed by atoms with Crippen LogP contribution < -0.4 is 5.69 Å². The summed E-state index contributed by atoms with van der Waals surface area (Å²) in [4.78, 5) is 12.2. The fourth-order valence-corrected chi connectivity index (χ4v) is 3.59. The van der Waals surface area contributed by atoms with Crippen LogP contribution in [-0.2, 0) is 6.54 Å². The van der Waals surface area contributed by atoms with Gasteiger partial charge in [-0.1, -0.05) is 34.8 Å². The molecule has 1 aliphatic carbocycles. The lowest BCUT2D eigenvalue weighted by atomic mass is 9.89. The van der Waals surface area contributed by atoms with E-state index in [9.17, 15) is 4.79 Å². The molecule has 0 radical (unpaired) electrons. The minimum absolute atomic E-state index is 0.0298. The second kappa shape index (κ2) is 4.53. The zero-order chi connectivity index (χ0) is 12.6. The maximum atomic E-state index is 12.2. The first-order chi connectivity index (χ1) is 8.74. The number of rotatable bonds is 3.